The minimum absolute atomic E-state index is 0.0462. The van der Waals surface area contributed by atoms with Crippen LogP contribution in [0.5, 0.6) is 5.75 Å². The van der Waals surface area contributed by atoms with Crippen LogP contribution in [-0.2, 0) is 16.1 Å². The minimum Gasteiger partial charge on any atom is -0.484 e. The number of aryl methyl sites for hydroxylation is 2. The maximum absolute atomic E-state index is 13.1. The fourth-order valence-electron chi connectivity index (χ4n) is 3.05. The molecule has 2 aromatic rings. The van der Waals surface area contributed by atoms with Crippen molar-refractivity contribution < 1.29 is 14.3 Å². The Morgan fingerprint density at radius 1 is 1.10 bits per heavy atom. The van der Waals surface area contributed by atoms with Gasteiger partial charge >= 0.3 is 0 Å². The summed E-state index contributed by atoms with van der Waals surface area (Å²) in [5, 5.41) is 3.65. The third kappa shape index (κ3) is 6.49. The van der Waals surface area contributed by atoms with Gasteiger partial charge in [-0.05, 0) is 62.9 Å². The molecule has 0 aliphatic carbocycles. The lowest BCUT2D eigenvalue weighted by Crippen LogP contribution is -2.50. The van der Waals surface area contributed by atoms with E-state index in [1.165, 1.54) is 0 Å². The van der Waals surface area contributed by atoms with Gasteiger partial charge in [0.1, 0.15) is 11.8 Å². The molecule has 0 spiro atoms. The average Bonchev–Trinajstić information content (AvgIpc) is 2.74. The zero-order valence-electron chi connectivity index (χ0n) is 18.4. The van der Waals surface area contributed by atoms with Crippen LogP contribution in [0.25, 0.3) is 0 Å². The van der Waals surface area contributed by atoms with E-state index in [2.05, 4.69) is 5.32 Å². The summed E-state index contributed by atoms with van der Waals surface area (Å²) >= 11 is 6.21. The second-order valence-electron chi connectivity index (χ2n) is 7.66. The highest BCUT2D eigenvalue weighted by Crippen LogP contribution is 2.26. The number of hydrogen-bond acceptors (Lipinski definition) is 3. The Morgan fingerprint density at radius 3 is 2.27 bits per heavy atom. The molecule has 0 saturated heterocycles. The number of rotatable bonds is 9. The van der Waals surface area contributed by atoms with Crippen molar-refractivity contribution in [3.8, 4) is 5.75 Å². The molecule has 30 heavy (non-hydrogen) atoms. The number of nitrogens with one attached hydrogen (secondary N) is 1. The van der Waals surface area contributed by atoms with Gasteiger partial charge in [-0.1, -0.05) is 48.9 Å². The van der Waals surface area contributed by atoms with E-state index in [0.29, 0.717) is 17.3 Å². The molecule has 162 valence electrons. The minimum atomic E-state index is -0.621. The number of ether oxygens (including phenoxy) is 1. The van der Waals surface area contributed by atoms with Crippen LogP contribution in [0, 0.1) is 13.8 Å². The van der Waals surface area contributed by atoms with Gasteiger partial charge in [-0.2, -0.15) is 0 Å². The second-order valence-corrected chi connectivity index (χ2v) is 8.04. The summed E-state index contributed by atoms with van der Waals surface area (Å²) in [4.78, 5) is 27.3. The van der Waals surface area contributed by atoms with Crippen LogP contribution in [0.3, 0.4) is 0 Å². The first kappa shape index (κ1) is 23.7. The van der Waals surface area contributed by atoms with Crippen molar-refractivity contribution >= 4 is 23.4 Å². The monoisotopic (exact) mass is 430 g/mol. The smallest absolute Gasteiger partial charge is 0.261 e. The third-order valence-electron chi connectivity index (χ3n) is 5.14. The highest BCUT2D eigenvalue weighted by molar-refractivity contribution is 6.32. The topological polar surface area (TPSA) is 58.6 Å². The molecule has 2 aromatic carbocycles. The lowest BCUT2D eigenvalue weighted by atomic mass is 10.1. The first-order valence-corrected chi connectivity index (χ1v) is 10.6. The molecular formula is C24H31ClN2O3. The van der Waals surface area contributed by atoms with Gasteiger partial charge in [0.2, 0.25) is 5.91 Å². The summed E-state index contributed by atoms with van der Waals surface area (Å²) in [5.74, 6) is 0.154. The number of nitrogens with zero attached hydrogens (tertiary/aromatic N) is 1. The Morgan fingerprint density at radius 2 is 1.70 bits per heavy atom. The molecule has 0 aliphatic rings. The molecule has 2 rings (SSSR count). The van der Waals surface area contributed by atoms with E-state index < -0.39 is 6.04 Å². The molecule has 2 atom stereocenters. The largest absolute Gasteiger partial charge is 0.484 e. The molecule has 0 aliphatic heterocycles. The number of halogens is 1. The molecule has 6 heteroatoms. The van der Waals surface area contributed by atoms with Crippen molar-refractivity contribution in [1.82, 2.24) is 10.2 Å². The fraction of sp³-hybridized carbons (Fsp3) is 0.417. The number of benzene rings is 2. The molecule has 0 unspecified atom stereocenters. The van der Waals surface area contributed by atoms with Crippen LogP contribution in [-0.4, -0.2) is 35.4 Å². The maximum Gasteiger partial charge on any atom is 0.261 e. The molecule has 2 amide bonds. The van der Waals surface area contributed by atoms with Gasteiger partial charge in [0.25, 0.3) is 5.91 Å². The lowest BCUT2D eigenvalue weighted by molar-refractivity contribution is -0.142. The van der Waals surface area contributed by atoms with E-state index >= 15 is 0 Å². The van der Waals surface area contributed by atoms with Crippen molar-refractivity contribution in [2.24, 2.45) is 0 Å². The third-order valence-corrected chi connectivity index (χ3v) is 5.73. The zero-order chi connectivity index (χ0) is 22.3. The van der Waals surface area contributed by atoms with Crippen molar-refractivity contribution in [2.75, 3.05) is 6.61 Å². The van der Waals surface area contributed by atoms with Gasteiger partial charge in [-0.25, -0.2) is 0 Å². The van der Waals surface area contributed by atoms with Gasteiger partial charge in [-0.15, -0.1) is 0 Å². The molecule has 0 saturated carbocycles. The van der Waals surface area contributed by atoms with E-state index in [1.54, 1.807) is 11.8 Å². The Kier molecular flexibility index (Phi) is 8.72. The van der Waals surface area contributed by atoms with Crippen molar-refractivity contribution in [1.29, 1.82) is 0 Å². The van der Waals surface area contributed by atoms with Crippen LogP contribution in [0.2, 0.25) is 5.02 Å². The molecule has 0 radical (unpaired) electrons. The highest BCUT2D eigenvalue weighted by Gasteiger charge is 2.27. The van der Waals surface area contributed by atoms with Crippen LogP contribution < -0.4 is 10.1 Å². The van der Waals surface area contributed by atoms with Crippen LogP contribution in [0.4, 0.5) is 0 Å². The van der Waals surface area contributed by atoms with Gasteiger partial charge in [0, 0.05) is 17.6 Å². The molecule has 0 aromatic heterocycles. The predicted molar refractivity (Wildman–Crippen MR) is 121 cm³/mol. The van der Waals surface area contributed by atoms with Crippen molar-refractivity contribution in [3.05, 3.63) is 64.2 Å². The predicted octanol–water partition coefficient (Wildman–Crippen LogP) is 4.67. The Bertz CT molecular complexity index is 847. The summed E-state index contributed by atoms with van der Waals surface area (Å²) in [7, 11) is 0. The molecule has 0 heterocycles. The molecule has 0 fully saturated rings. The summed E-state index contributed by atoms with van der Waals surface area (Å²) < 4.78 is 5.75. The molecular weight excluding hydrogens is 400 g/mol. The standard InChI is InChI=1S/C24H31ClN2O3/c1-6-18(4)26-24(29)19(5)27(14-20-10-8-7-9-11-20)22(28)15-30-21-12-16(2)23(25)17(3)13-21/h7-13,18-19H,6,14-15H2,1-5H3,(H,26,29)/t18-,19-/m0/s1. The summed E-state index contributed by atoms with van der Waals surface area (Å²) in [5.41, 5.74) is 2.73. The van der Waals surface area contributed by atoms with Crippen LogP contribution in [0.1, 0.15) is 43.9 Å². The Labute approximate surface area is 184 Å². The molecule has 1 N–H and O–H groups in total. The second kappa shape index (κ2) is 11.0. The molecule has 5 nitrogen and oxygen atoms in total. The van der Waals surface area contributed by atoms with Gasteiger partial charge in [0.15, 0.2) is 6.61 Å². The van der Waals surface area contributed by atoms with E-state index in [-0.39, 0.29) is 24.5 Å². The van der Waals surface area contributed by atoms with E-state index in [4.69, 9.17) is 16.3 Å². The maximum atomic E-state index is 13.1. The summed E-state index contributed by atoms with van der Waals surface area (Å²) in [6, 6.07) is 12.7. The first-order valence-electron chi connectivity index (χ1n) is 10.3. The summed E-state index contributed by atoms with van der Waals surface area (Å²) in [6.45, 7) is 9.66. The number of amides is 2. The quantitative estimate of drug-likeness (QED) is 0.629. The normalized spacial score (nSPS) is 12.7. The Balaban J connectivity index is 2.16. The number of hydrogen-bond donors (Lipinski definition) is 1. The van der Waals surface area contributed by atoms with Gasteiger partial charge in [0.05, 0.1) is 0 Å². The van der Waals surface area contributed by atoms with Crippen molar-refractivity contribution in [2.45, 2.75) is 59.7 Å². The summed E-state index contributed by atoms with van der Waals surface area (Å²) in [6.07, 6.45) is 0.823. The lowest BCUT2D eigenvalue weighted by Gasteiger charge is -2.29. The molecule has 0 bridgehead atoms. The number of carbonyl (C=O) groups is 2. The SMILES string of the molecule is CC[C@H](C)NC(=O)[C@H](C)N(Cc1ccccc1)C(=O)COc1cc(C)c(Cl)c(C)c1. The number of carbonyl (C=O) groups excluding carboxylic acids is 2. The van der Waals surface area contributed by atoms with E-state index in [1.807, 2.05) is 70.2 Å². The van der Waals surface area contributed by atoms with E-state index in [9.17, 15) is 9.59 Å². The highest BCUT2D eigenvalue weighted by atomic mass is 35.5. The van der Waals surface area contributed by atoms with Crippen LogP contribution in [0.15, 0.2) is 42.5 Å². The Hall–Kier alpha value is -2.53. The zero-order valence-corrected chi connectivity index (χ0v) is 19.1. The van der Waals surface area contributed by atoms with E-state index in [0.717, 1.165) is 23.1 Å². The van der Waals surface area contributed by atoms with Crippen LogP contribution >= 0.6 is 11.6 Å². The van der Waals surface area contributed by atoms with Gasteiger partial charge < -0.3 is 15.0 Å². The fourth-order valence-corrected chi connectivity index (χ4v) is 3.15. The average molecular weight is 431 g/mol. The van der Waals surface area contributed by atoms with Gasteiger partial charge in [-0.3, -0.25) is 9.59 Å². The first-order chi connectivity index (χ1) is 14.2. The van der Waals surface area contributed by atoms with Crippen molar-refractivity contribution in [3.63, 3.8) is 0 Å².